The summed E-state index contributed by atoms with van der Waals surface area (Å²) in [6, 6.07) is 9.38. The number of carboxylic acid groups (broad SMARTS) is 1. The third kappa shape index (κ3) is 6.62. The first-order valence-corrected chi connectivity index (χ1v) is 12.5. The van der Waals surface area contributed by atoms with E-state index in [0.29, 0.717) is 30.9 Å². The Kier molecular flexibility index (Phi) is 9.03. The molecular formula is C26H32N6O5. The number of anilines is 1. The number of amides is 2. The van der Waals surface area contributed by atoms with Crippen molar-refractivity contribution < 1.29 is 24.2 Å². The number of hydrogen-bond acceptors (Lipinski definition) is 7. The molecule has 5 rings (SSSR count). The number of carbonyl (C=O) groups excluding carboxylic acids is 2. The van der Waals surface area contributed by atoms with E-state index in [4.69, 9.17) is 14.6 Å². The standard InChI is InChI=1S/C25H30N6O3.CH2O2/c32-23-19-29(25(33)22-18-27-31-14-4-10-26-24(22)31)15-16-30(23)20-6-8-21(9-7-20)34-17-5-13-28-11-2-1-3-12-28;2-1-3/h4,6-10,14,18H,1-3,5,11-13,15-17,19H2;1H,(H,2,3). The molecule has 0 atom stereocenters. The third-order valence-electron chi connectivity index (χ3n) is 6.50. The van der Waals surface area contributed by atoms with Crippen LogP contribution in [-0.4, -0.2) is 93.7 Å². The van der Waals surface area contributed by atoms with Crippen LogP contribution in [0, 0.1) is 0 Å². The van der Waals surface area contributed by atoms with Crippen molar-refractivity contribution in [2.24, 2.45) is 0 Å². The molecule has 2 amide bonds. The molecule has 1 aromatic carbocycles. The van der Waals surface area contributed by atoms with Crippen molar-refractivity contribution in [3.05, 3.63) is 54.5 Å². The molecule has 2 aromatic heterocycles. The Labute approximate surface area is 215 Å². The summed E-state index contributed by atoms with van der Waals surface area (Å²) in [6.45, 7) is 4.85. The molecule has 2 aliphatic heterocycles. The van der Waals surface area contributed by atoms with Gasteiger partial charge in [0.25, 0.3) is 12.4 Å². The summed E-state index contributed by atoms with van der Waals surface area (Å²) in [4.78, 5) is 44.2. The molecular weight excluding hydrogens is 476 g/mol. The van der Waals surface area contributed by atoms with Crippen molar-refractivity contribution in [3.63, 3.8) is 0 Å². The minimum absolute atomic E-state index is 0.0256. The van der Waals surface area contributed by atoms with E-state index in [1.807, 2.05) is 24.3 Å². The van der Waals surface area contributed by atoms with Crippen LogP contribution in [-0.2, 0) is 9.59 Å². The Bertz CT molecular complexity index is 1190. The third-order valence-corrected chi connectivity index (χ3v) is 6.50. The van der Waals surface area contributed by atoms with Crippen molar-refractivity contribution in [1.82, 2.24) is 24.4 Å². The summed E-state index contributed by atoms with van der Waals surface area (Å²) in [5.41, 5.74) is 1.72. The van der Waals surface area contributed by atoms with Gasteiger partial charge in [-0.05, 0) is 62.7 Å². The highest BCUT2D eigenvalue weighted by Crippen LogP contribution is 2.22. The maximum Gasteiger partial charge on any atom is 0.290 e. The lowest BCUT2D eigenvalue weighted by molar-refractivity contribution is -0.123. The Hall–Kier alpha value is -3.99. The molecule has 11 nitrogen and oxygen atoms in total. The first kappa shape index (κ1) is 26.1. The van der Waals surface area contributed by atoms with E-state index in [1.165, 1.54) is 38.5 Å². The first-order chi connectivity index (χ1) is 18.1. The Morgan fingerprint density at radius 2 is 1.84 bits per heavy atom. The highest BCUT2D eigenvalue weighted by molar-refractivity contribution is 6.04. The lowest BCUT2D eigenvalue weighted by Gasteiger charge is -2.34. The van der Waals surface area contributed by atoms with Crippen LogP contribution in [0.15, 0.2) is 48.9 Å². The van der Waals surface area contributed by atoms with Gasteiger partial charge in [0.2, 0.25) is 5.91 Å². The van der Waals surface area contributed by atoms with Gasteiger partial charge in [-0.1, -0.05) is 6.42 Å². The van der Waals surface area contributed by atoms with Crippen LogP contribution in [0.25, 0.3) is 5.65 Å². The minimum Gasteiger partial charge on any atom is -0.494 e. The second-order valence-electron chi connectivity index (χ2n) is 8.92. The SMILES string of the molecule is O=C(c1cnn2cccnc12)N1CCN(c2ccc(OCCCN3CCCCC3)cc2)C(=O)C1.O=CO. The number of carbonyl (C=O) groups is 3. The van der Waals surface area contributed by atoms with Gasteiger partial charge in [-0.25, -0.2) is 9.50 Å². The zero-order chi connectivity index (χ0) is 26.0. The van der Waals surface area contributed by atoms with Gasteiger partial charge in [-0.3, -0.25) is 14.4 Å². The molecule has 4 heterocycles. The van der Waals surface area contributed by atoms with Crippen molar-refractivity contribution >= 4 is 29.6 Å². The summed E-state index contributed by atoms with van der Waals surface area (Å²) >= 11 is 0. The second kappa shape index (κ2) is 12.8. The number of likely N-dealkylation sites (tertiary alicyclic amines) is 1. The summed E-state index contributed by atoms with van der Waals surface area (Å²) in [5, 5.41) is 11.1. The summed E-state index contributed by atoms with van der Waals surface area (Å²) in [7, 11) is 0. The van der Waals surface area contributed by atoms with Crippen molar-refractivity contribution in [2.45, 2.75) is 25.7 Å². The van der Waals surface area contributed by atoms with E-state index < -0.39 is 0 Å². The number of hydrogen-bond donors (Lipinski definition) is 1. The van der Waals surface area contributed by atoms with Gasteiger partial charge < -0.3 is 24.5 Å². The van der Waals surface area contributed by atoms with Crippen LogP contribution >= 0.6 is 0 Å². The van der Waals surface area contributed by atoms with Crippen LogP contribution < -0.4 is 9.64 Å². The second-order valence-corrected chi connectivity index (χ2v) is 8.92. The predicted octanol–water partition coefficient (Wildman–Crippen LogP) is 2.17. The van der Waals surface area contributed by atoms with Crippen LogP contribution in [0.4, 0.5) is 5.69 Å². The van der Waals surface area contributed by atoms with Crippen molar-refractivity contribution in [3.8, 4) is 5.75 Å². The number of nitrogens with zero attached hydrogens (tertiary/aromatic N) is 6. The molecule has 2 saturated heterocycles. The first-order valence-electron chi connectivity index (χ1n) is 12.5. The molecule has 2 aliphatic rings. The lowest BCUT2D eigenvalue weighted by Crippen LogP contribution is -2.52. The van der Waals surface area contributed by atoms with Gasteiger partial charge in [0.1, 0.15) is 17.9 Å². The zero-order valence-corrected chi connectivity index (χ0v) is 20.7. The molecule has 0 bridgehead atoms. The molecule has 0 aliphatic carbocycles. The fraction of sp³-hybridized carbons (Fsp3) is 0.423. The number of benzene rings is 1. The number of aromatic nitrogens is 3. The van der Waals surface area contributed by atoms with E-state index in [0.717, 1.165) is 24.4 Å². The number of fused-ring (bicyclic) bond motifs is 1. The van der Waals surface area contributed by atoms with Gasteiger partial charge in [-0.2, -0.15) is 5.10 Å². The highest BCUT2D eigenvalue weighted by Gasteiger charge is 2.30. The number of piperidine rings is 1. The average molecular weight is 509 g/mol. The topological polar surface area (TPSA) is 121 Å². The van der Waals surface area contributed by atoms with Gasteiger partial charge in [0.15, 0.2) is 5.65 Å². The number of ether oxygens (including phenoxy) is 1. The van der Waals surface area contributed by atoms with Crippen LogP contribution in [0.3, 0.4) is 0 Å². The molecule has 0 spiro atoms. The number of piperazine rings is 1. The largest absolute Gasteiger partial charge is 0.494 e. The molecule has 196 valence electrons. The van der Waals surface area contributed by atoms with E-state index in [9.17, 15) is 9.59 Å². The molecule has 11 heteroatoms. The molecule has 2 fully saturated rings. The fourth-order valence-corrected chi connectivity index (χ4v) is 4.65. The van der Waals surface area contributed by atoms with Crippen molar-refractivity contribution in [1.29, 1.82) is 0 Å². The van der Waals surface area contributed by atoms with Gasteiger partial charge in [0.05, 0.1) is 12.8 Å². The van der Waals surface area contributed by atoms with Crippen LogP contribution in [0.2, 0.25) is 0 Å². The normalized spacial score (nSPS) is 16.3. The molecule has 0 unspecified atom stereocenters. The maximum atomic E-state index is 13.0. The Morgan fingerprint density at radius 1 is 1.08 bits per heavy atom. The zero-order valence-electron chi connectivity index (χ0n) is 20.7. The van der Waals surface area contributed by atoms with Gasteiger partial charge >= 0.3 is 0 Å². The summed E-state index contributed by atoms with van der Waals surface area (Å²) < 4.78 is 7.45. The molecule has 3 aromatic rings. The average Bonchev–Trinajstić information content (AvgIpc) is 3.36. The highest BCUT2D eigenvalue weighted by atomic mass is 16.5. The van der Waals surface area contributed by atoms with E-state index >= 15 is 0 Å². The fourth-order valence-electron chi connectivity index (χ4n) is 4.65. The molecule has 1 N–H and O–H groups in total. The van der Waals surface area contributed by atoms with E-state index in [2.05, 4.69) is 15.0 Å². The van der Waals surface area contributed by atoms with E-state index in [-0.39, 0.29) is 24.8 Å². The van der Waals surface area contributed by atoms with Crippen LogP contribution in [0.1, 0.15) is 36.0 Å². The van der Waals surface area contributed by atoms with Crippen LogP contribution in [0.5, 0.6) is 5.75 Å². The summed E-state index contributed by atoms with van der Waals surface area (Å²) in [5.74, 6) is 0.471. The Balaban J connectivity index is 0.00000102. The predicted molar refractivity (Wildman–Crippen MR) is 137 cm³/mol. The number of rotatable bonds is 7. The molecule has 0 radical (unpaired) electrons. The molecule has 0 saturated carbocycles. The van der Waals surface area contributed by atoms with Gasteiger partial charge in [-0.15, -0.1) is 0 Å². The monoisotopic (exact) mass is 508 g/mol. The maximum absolute atomic E-state index is 13.0. The van der Waals surface area contributed by atoms with Crippen molar-refractivity contribution in [2.75, 3.05) is 50.8 Å². The summed E-state index contributed by atoms with van der Waals surface area (Å²) in [6.07, 6.45) is 9.85. The lowest BCUT2D eigenvalue weighted by atomic mass is 10.1. The minimum atomic E-state index is -0.250. The van der Waals surface area contributed by atoms with E-state index in [1.54, 1.807) is 32.8 Å². The quantitative estimate of drug-likeness (QED) is 0.381. The molecule has 37 heavy (non-hydrogen) atoms. The smallest absolute Gasteiger partial charge is 0.290 e. The van der Waals surface area contributed by atoms with Gasteiger partial charge in [0, 0.05) is 37.7 Å². The Morgan fingerprint density at radius 3 is 2.57 bits per heavy atom.